The van der Waals surface area contributed by atoms with E-state index < -0.39 is 0 Å². The number of aliphatic hydroxyl groups excluding tert-OH is 1. The van der Waals surface area contributed by atoms with Gasteiger partial charge in [0, 0.05) is 67.0 Å². The van der Waals surface area contributed by atoms with E-state index in [0.717, 1.165) is 19.0 Å². The molecule has 2 amide bonds. The molecule has 1 unspecified atom stereocenters. The van der Waals surface area contributed by atoms with Gasteiger partial charge in [-0.3, -0.25) is 29.2 Å². The van der Waals surface area contributed by atoms with Crippen LogP contribution in [-0.2, 0) is 19.2 Å². The summed E-state index contributed by atoms with van der Waals surface area (Å²) < 4.78 is 0. The Balaban J connectivity index is 3.13. The van der Waals surface area contributed by atoms with Crippen molar-refractivity contribution in [3.8, 4) is 0 Å². The van der Waals surface area contributed by atoms with Crippen LogP contribution in [0.5, 0.6) is 0 Å². The SMILES string of the molecule is CN(C)C(=O)CN1CCCN(CC=O)CCN(CC=O)C(CO)CN(CC(=O)N(C)C)CC1. The molecule has 0 aromatic heterocycles. The molecule has 1 rings (SSSR count). The number of carbonyl (C=O) groups excluding carboxylic acids is 4. The van der Waals surface area contributed by atoms with Crippen LogP contribution in [0.1, 0.15) is 6.42 Å². The monoisotopic (exact) mass is 470 g/mol. The van der Waals surface area contributed by atoms with Crippen LogP contribution >= 0.6 is 0 Å². The summed E-state index contributed by atoms with van der Waals surface area (Å²) in [5.74, 6) is -0.0450. The summed E-state index contributed by atoms with van der Waals surface area (Å²) >= 11 is 0. The maximum absolute atomic E-state index is 12.4. The second kappa shape index (κ2) is 15.8. The second-order valence-corrected chi connectivity index (χ2v) is 8.91. The molecule has 0 radical (unpaired) electrons. The van der Waals surface area contributed by atoms with Crippen molar-refractivity contribution < 1.29 is 24.3 Å². The lowest BCUT2D eigenvalue weighted by molar-refractivity contribution is -0.131. The molecule has 0 aromatic carbocycles. The van der Waals surface area contributed by atoms with E-state index in [9.17, 15) is 24.3 Å². The van der Waals surface area contributed by atoms with Crippen LogP contribution < -0.4 is 0 Å². The highest BCUT2D eigenvalue weighted by atomic mass is 16.3. The minimum Gasteiger partial charge on any atom is -0.395 e. The first-order valence-electron chi connectivity index (χ1n) is 11.5. The van der Waals surface area contributed by atoms with Gasteiger partial charge >= 0.3 is 0 Å². The highest BCUT2D eigenvalue weighted by molar-refractivity contribution is 5.78. The van der Waals surface area contributed by atoms with Crippen LogP contribution in [0.2, 0.25) is 0 Å². The van der Waals surface area contributed by atoms with Gasteiger partial charge in [-0.25, -0.2) is 0 Å². The van der Waals surface area contributed by atoms with Crippen molar-refractivity contribution >= 4 is 24.4 Å². The summed E-state index contributed by atoms with van der Waals surface area (Å²) in [4.78, 5) is 58.3. The van der Waals surface area contributed by atoms with Crippen molar-refractivity contribution in [3.63, 3.8) is 0 Å². The Hall–Kier alpha value is -1.92. The molecule has 0 saturated carbocycles. The maximum Gasteiger partial charge on any atom is 0.236 e. The maximum atomic E-state index is 12.4. The molecule has 1 saturated heterocycles. The topological polar surface area (TPSA) is 108 Å². The highest BCUT2D eigenvalue weighted by Gasteiger charge is 2.25. The van der Waals surface area contributed by atoms with Crippen LogP contribution in [0, 0.1) is 0 Å². The molecular weight excluding hydrogens is 428 g/mol. The highest BCUT2D eigenvalue weighted by Crippen LogP contribution is 2.07. The molecule has 1 aliphatic heterocycles. The fourth-order valence-electron chi connectivity index (χ4n) is 3.75. The summed E-state index contributed by atoms with van der Waals surface area (Å²) in [6.45, 7) is 4.78. The molecule has 190 valence electrons. The number of amides is 2. The zero-order valence-electron chi connectivity index (χ0n) is 20.7. The number of aldehydes is 2. The molecule has 0 bridgehead atoms. The van der Waals surface area contributed by atoms with Crippen LogP contribution in [0.25, 0.3) is 0 Å². The summed E-state index contributed by atoms with van der Waals surface area (Å²) in [5, 5.41) is 10.1. The largest absolute Gasteiger partial charge is 0.395 e. The zero-order chi connectivity index (χ0) is 24.8. The third kappa shape index (κ3) is 11.2. The van der Waals surface area contributed by atoms with E-state index in [1.165, 1.54) is 4.90 Å². The Morgan fingerprint density at radius 1 is 0.788 bits per heavy atom. The average molecular weight is 471 g/mol. The molecule has 1 N–H and O–H groups in total. The van der Waals surface area contributed by atoms with Gasteiger partial charge in [-0.15, -0.1) is 0 Å². The number of likely N-dealkylation sites (N-methyl/N-ethyl adjacent to an activating group) is 2. The van der Waals surface area contributed by atoms with E-state index in [0.29, 0.717) is 52.4 Å². The van der Waals surface area contributed by atoms with Gasteiger partial charge in [-0.2, -0.15) is 0 Å². The summed E-state index contributed by atoms with van der Waals surface area (Å²) in [7, 11) is 6.86. The van der Waals surface area contributed by atoms with Gasteiger partial charge in [0.15, 0.2) is 0 Å². The van der Waals surface area contributed by atoms with Gasteiger partial charge in [0.25, 0.3) is 0 Å². The molecule has 0 aromatic rings. The molecule has 0 aliphatic carbocycles. The third-order valence-electron chi connectivity index (χ3n) is 5.94. The normalized spacial score (nSPS) is 20.8. The fourth-order valence-corrected chi connectivity index (χ4v) is 3.75. The lowest BCUT2D eigenvalue weighted by atomic mass is 10.2. The molecular formula is C22H42N6O5. The zero-order valence-corrected chi connectivity index (χ0v) is 20.7. The van der Waals surface area contributed by atoms with Crippen LogP contribution in [0.15, 0.2) is 0 Å². The van der Waals surface area contributed by atoms with E-state index in [2.05, 4.69) is 4.90 Å². The van der Waals surface area contributed by atoms with Crippen molar-refractivity contribution in [3.05, 3.63) is 0 Å². The molecule has 1 fully saturated rings. The molecule has 1 heterocycles. The number of hydrogen-bond donors (Lipinski definition) is 1. The number of nitrogens with zero attached hydrogens (tertiary/aromatic N) is 6. The van der Waals surface area contributed by atoms with E-state index in [1.807, 2.05) is 14.7 Å². The molecule has 33 heavy (non-hydrogen) atoms. The van der Waals surface area contributed by atoms with E-state index in [1.54, 1.807) is 33.1 Å². The molecule has 11 nitrogen and oxygen atoms in total. The summed E-state index contributed by atoms with van der Waals surface area (Å²) in [6.07, 6.45) is 2.46. The van der Waals surface area contributed by atoms with Crippen LogP contribution in [0.4, 0.5) is 0 Å². The van der Waals surface area contributed by atoms with Crippen LogP contribution in [0.3, 0.4) is 0 Å². The predicted octanol–water partition coefficient (Wildman–Crippen LogP) is -2.47. The first-order valence-corrected chi connectivity index (χ1v) is 11.5. The summed E-state index contributed by atoms with van der Waals surface area (Å²) in [6, 6.07) is -0.333. The number of carbonyl (C=O) groups is 4. The Kier molecular flexibility index (Phi) is 14.0. The minimum atomic E-state index is -0.333. The molecule has 1 atom stereocenters. The third-order valence-corrected chi connectivity index (χ3v) is 5.94. The number of hydrogen-bond acceptors (Lipinski definition) is 9. The lowest BCUT2D eigenvalue weighted by Crippen LogP contribution is -2.52. The first kappa shape index (κ1) is 29.1. The smallest absolute Gasteiger partial charge is 0.236 e. The Labute approximate surface area is 197 Å². The van der Waals surface area contributed by atoms with Crippen molar-refractivity contribution in [2.75, 3.05) is 107 Å². The lowest BCUT2D eigenvalue weighted by Gasteiger charge is -2.35. The average Bonchev–Trinajstić information content (AvgIpc) is 2.78. The van der Waals surface area contributed by atoms with Crippen molar-refractivity contribution in [2.45, 2.75) is 12.5 Å². The molecule has 11 heteroatoms. The van der Waals surface area contributed by atoms with Gasteiger partial charge in [-0.05, 0) is 19.5 Å². The van der Waals surface area contributed by atoms with Gasteiger partial charge in [-0.1, -0.05) is 0 Å². The molecule has 0 spiro atoms. The standard InChI is InChI=1S/C22H42N6O5/c1-23(2)21(32)17-26-7-5-6-25(12-14-29)10-11-28(13-15-30)20(19-31)16-27(9-8-26)18-22(33)24(3)4/h14-15,20,31H,5-13,16-19H2,1-4H3. The van der Waals surface area contributed by atoms with E-state index in [-0.39, 0.29) is 44.1 Å². The van der Waals surface area contributed by atoms with E-state index in [4.69, 9.17) is 0 Å². The Morgan fingerprint density at radius 2 is 1.30 bits per heavy atom. The predicted molar refractivity (Wildman–Crippen MR) is 126 cm³/mol. The van der Waals surface area contributed by atoms with Crippen molar-refractivity contribution in [1.29, 1.82) is 0 Å². The van der Waals surface area contributed by atoms with Gasteiger partial charge in [0.05, 0.1) is 32.8 Å². The van der Waals surface area contributed by atoms with Crippen LogP contribution in [-0.4, -0.2) is 172 Å². The fraction of sp³-hybridized carbons (Fsp3) is 0.818. The van der Waals surface area contributed by atoms with Gasteiger partial charge in [0.2, 0.25) is 11.8 Å². The Morgan fingerprint density at radius 3 is 1.85 bits per heavy atom. The number of aliphatic hydroxyl groups is 1. The van der Waals surface area contributed by atoms with Gasteiger partial charge in [0.1, 0.15) is 12.6 Å². The summed E-state index contributed by atoms with van der Waals surface area (Å²) in [5.41, 5.74) is 0. The van der Waals surface area contributed by atoms with E-state index >= 15 is 0 Å². The first-order chi connectivity index (χ1) is 15.7. The van der Waals surface area contributed by atoms with Gasteiger partial charge < -0.3 is 24.5 Å². The molecule has 1 aliphatic rings. The second-order valence-electron chi connectivity index (χ2n) is 8.91. The quantitative estimate of drug-likeness (QED) is 0.367. The number of rotatable bonds is 9. The van der Waals surface area contributed by atoms with Crippen molar-refractivity contribution in [1.82, 2.24) is 29.4 Å². The Bertz CT molecular complexity index is 618. The minimum absolute atomic E-state index is 0.00498. The van der Waals surface area contributed by atoms with Crippen molar-refractivity contribution in [2.24, 2.45) is 0 Å².